The Morgan fingerprint density at radius 2 is 1.92 bits per heavy atom. The van der Waals surface area contributed by atoms with Crippen LogP contribution >= 0.6 is 0 Å². The number of carboxylic acid groups (broad SMARTS) is 1. The number of hydrogen-bond acceptors (Lipinski definition) is 10. The molecule has 0 saturated carbocycles. The molecule has 5 rings (SSSR count). The van der Waals surface area contributed by atoms with Crippen molar-refractivity contribution in [3.63, 3.8) is 0 Å². The van der Waals surface area contributed by atoms with E-state index in [4.69, 9.17) is 16.3 Å². The smallest absolute Gasteiger partial charge is 0.290 e. The van der Waals surface area contributed by atoms with Gasteiger partial charge in [-0.15, -0.1) is 26.8 Å². The SMILES string of the molecule is C#Cc1cnc(N[C@@H]2CCN(c3nnc(N4CCC4)c4cc(CC(=O)C=C)ccc34)C2)nn1.O=CO. The number of anilines is 3. The monoisotopic (exact) mass is 486 g/mol. The minimum Gasteiger partial charge on any atom is -0.483 e. The molecular weight excluding hydrogens is 460 g/mol. The van der Waals surface area contributed by atoms with Crippen LogP contribution in [0.25, 0.3) is 10.8 Å². The highest BCUT2D eigenvalue weighted by Gasteiger charge is 2.28. The van der Waals surface area contributed by atoms with Crippen LogP contribution < -0.4 is 15.1 Å². The van der Waals surface area contributed by atoms with E-state index in [9.17, 15) is 4.79 Å². The van der Waals surface area contributed by atoms with Gasteiger partial charge in [0.1, 0.15) is 0 Å². The van der Waals surface area contributed by atoms with Gasteiger partial charge in [0.15, 0.2) is 23.1 Å². The van der Waals surface area contributed by atoms with Crippen molar-refractivity contribution >= 4 is 40.6 Å². The maximum Gasteiger partial charge on any atom is 0.290 e. The Labute approximate surface area is 208 Å². The average molecular weight is 487 g/mol. The second-order valence-corrected chi connectivity index (χ2v) is 8.41. The Hall–Kier alpha value is -4.59. The Balaban J connectivity index is 0.000000967. The highest BCUT2D eigenvalue weighted by Crippen LogP contribution is 2.34. The standard InChI is InChI=1S/C24H24N8O.CH2O2/c1-3-17-14-25-24(30-27-17)26-18-8-11-32(15-18)22-20-7-6-16(12-19(33)4-2)13-21(20)23(29-28-22)31-9-5-10-31;2-1-3/h1,4,6-7,13-14,18H,2,5,8-12,15H2,(H,25,26,30);1H,(H,2,3)/t18-;/m1./s1. The third-order valence-corrected chi connectivity index (χ3v) is 6.10. The third kappa shape index (κ3) is 5.38. The van der Waals surface area contributed by atoms with E-state index in [1.54, 1.807) is 0 Å². The molecule has 2 saturated heterocycles. The zero-order chi connectivity index (χ0) is 25.5. The van der Waals surface area contributed by atoms with E-state index in [0.717, 1.165) is 67.0 Å². The van der Waals surface area contributed by atoms with Gasteiger partial charge in [0.2, 0.25) is 5.95 Å². The van der Waals surface area contributed by atoms with Crippen molar-refractivity contribution in [2.75, 3.05) is 41.3 Å². The topological polar surface area (TPSA) is 137 Å². The fraction of sp³-hybridized carbons (Fsp3) is 0.320. The first kappa shape index (κ1) is 24.5. The number of aromatic nitrogens is 5. The molecule has 2 fully saturated rings. The molecule has 2 aliphatic rings. The van der Waals surface area contributed by atoms with Gasteiger partial charge in [0.05, 0.1) is 6.20 Å². The molecule has 0 bridgehead atoms. The third-order valence-electron chi connectivity index (χ3n) is 6.10. The summed E-state index contributed by atoms with van der Waals surface area (Å²) in [5, 5.41) is 29.5. The maximum atomic E-state index is 11.9. The van der Waals surface area contributed by atoms with Gasteiger partial charge in [-0.1, -0.05) is 18.7 Å². The summed E-state index contributed by atoms with van der Waals surface area (Å²) in [6.45, 7) is 6.85. The lowest BCUT2D eigenvalue weighted by Crippen LogP contribution is -2.38. The lowest BCUT2D eigenvalue weighted by Gasteiger charge is -2.33. The summed E-state index contributed by atoms with van der Waals surface area (Å²) in [6, 6.07) is 6.27. The Morgan fingerprint density at radius 3 is 2.53 bits per heavy atom. The summed E-state index contributed by atoms with van der Waals surface area (Å²) >= 11 is 0. The number of allylic oxidation sites excluding steroid dienone is 1. The van der Waals surface area contributed by atoms with Crippen LogP contribution in [-0.4, -0.2) is 75.0 Å². The zero-order valence-corrected chi connectivity index (χ0v) is 19.7. The number of fused-ring (bicyclic) bond motifs is 1. The van der Waals surface area contributed by atoms with Gasteiger partial charge < -0.3 is 20.2 Å². The molecule has 4 heterocycles. The van der Waals surface area contributed by atoms with Gasteiger partial charge in [-0.2, -0.15) is 0 Å². The summed E-state index contributed by atoms with van der Waals surface area (Å²) in [7, 11) is 0. The van der Waals surface area contributed by atoms with Crippen LogP contribution in [0.15, 0.2) is 37.1 Å². The number of carbonyl (C=O) groups is 2. The van der Waals surface area contributed by atoms with E-state index < -0.39 is 0 Å². The summed E-state index contributed by atoms with van der Waals surface area (Å²) in [5.74, 6) is 4.61. The number of terminal acetylenes is 1. The van der Waals surface area contributed by atoms with Gasteiger partial charge in [-0.3, -0.25) is 9.59 Å². The maximum absolute atomic E-state index is 11.9. The first-order valence-electron chi connectivity index (χ1n) is 11.5. The van der Waals surface area contributed by atoms with Crippen LogP contribution in [0, 0.1) is 12.3 Å². The highest BCUT2D eigenvalue weighted by atomic mass is 16.3. The molecule has 2 N–H and O–H groups in total. The van der Waals surface area contributed by atoms with E-state index in [1.807, 2.05) is 6.07 Å². The van der Waals surface area contributed by atoms with Crippen LogP contribution in [0.5, 0.6) is 0 Å². The first-order chi connectivity index (χ1) is 17.6. The minimum absolute atomic E-state index is 0.00235. The summed E-state index contributed by atoms with van der Waals surface area (Å²) in [5.41, 5.74) is 1.36. The molecule has 0 spiro atoms. The number of nitrogens with zero attached hydrogens (tertiary/aromatic N) is 7. The number of nitrogens with one attached hydrogen (secondary N) is 1. The van der Waals surface area contributed by atoms with Crippen LogP contribution in [0.3, 0.4) is 0 Å². The van der Waals surface area contributed by atoms with Crippen LogP contribution in [-0.2, 0) is 16.0 Å². The molecule has 0 unspecified atom stereocenters. The molecule has 0 radical (unpaired) electrons. The van der Waals surface area contributed by atoms with Gasteiger partial charge in [0, 0.05) is 49.4 Å². The molecule has 0 aliphatic carbocycles. The largest absolute Gasteiger partial charge is 0.483 e. The Bertz CT molecular complexity index is 1300. The van der Waals surface area contributed by atoms with E-state index in [-0.39, 0.29) is 18.3 Å². The molecule has 36 heavy (non-hydrogen) atoms. The number of carbonyl (C=O) groups excluding carboxylic acids is 1. The van der Waals surface area contributed by atoms with Crippen molar-refractivity contribution < 1.29 is 14.7 Å². The molecule has 1 aromatic carbocycles. The van der Waals surface area contributed by atoms with E-state index in [2.05, 4.69) is 65.1 Å². The lowest BCUT2D eigenvalue weighted by atomic mass is 10.0. The van der Waals surface area contributed by atoms with Crippen LogP contribution in [0.2, 0.25) is 0 Å². The average Bonchev–Trinajstić information content (AvgIpc) is 3.32. The predicted octanol–water partition coefficient (Wildman–Crippen LogP) is 1.70. The van der Waals surface area contributed by atoms with Gasteiger partial charge in [0.25, 0.3) is 6.47 Å². The first-order valence-corrected chi connectivity index (χ1v) is 11.5. The Kier molecular flexibility index (Phi) is 7.65. The van der Waals surface area contributed by atoms with Gasteiger partial charge >= 0.3 is 0 Å². The van der Waals surface area contributed by atoms with Crippen LogP contribution in [0.1, 0.15) is 24.1 Å². The van der Waals surface area contributed by atoms with E-state index in [0.29, 0.717) is 18.1 Å². The normalized spacial score (nSPS) is 16.4. The van der Waals surface area contributed by atoms with Crippen molar-refractivity contribution in [1.82, 2.24) is 25.4 Å². The minimum atomic E-state index is -0.250. The summed E-state index contributed by atoms with van der Waals surface area (Å²) in [6.07, 6.45) is 10.6. The predicted molar refractivity (Wildman–Crippen MR) is 136 cm³/mol. The molecule has 11 heteroatoms. The van der Waals surface area contributed by atoms with Crippen molar-refractivity contribution in [3.05, 3.63) is 48.3 Å². The zero-order valence-electron chi connectivity index (χ0n) is 19.7. The lowest BCUT2D eigenvalue weighted by molar-refractivity contribution is -0.123. The number of benzene rings is 1. The molecule has 184 valence electrons. The number of hydrogen-bond donors (Lipinski definition) is 2. The van der Waals surface area contributed by atoms with Crippen molar-refractivity contribution in [1.29, 1.82) is 0 Å². The number of ketones is 1. The van der Waals surface area contributed by atoms with Crippen molar-refractivity contribution in [2.24, 2.45) is 0 Å². The van der Waals surface area contributed by atoms with Gasteiger partial charge in [-0.25, -0.2) is 4.98 Å². The number of rotatable bonds is 7. The quantitative estimate of drug-likeness (QED) is 0.287. The van der Waals surface area contributed by atoms with Crippen molar-refractivity contribution in [2.45, 2.75) is 25.3 Å². The highest BCUT2D eigenvalue weighted by molar-refractivity contribution is 6.00. The van der Waals surface area contributed by atoms with E-state index >= 15 is 0 Å². The molecule has 1 atom stereocenters. The molecule has 3 aromatic rings. The summed E-state index contributed by atoms with van der Waals surface area (Å²) in [4.78, 5) is 29.0. The molecule has 2 aromatic heterocycles. The fourth-order valence-corrected chi connectivity index (χ4v) is 4.21. The summed E-state index contributed by atoms with van der Waals surface area (Å²) < 4.78 is 0. The molecule has 11 nitrogen and oxygen atoms in total. The van der Waals surface area contributed by atoms with E-state index in [1.165, 1.54) is 12.3 Å². The fourth-order valence-electron chi connectivity index (χ4n) is 4.21. The Morgan fingerprint density at radius 1 is 1.17 bits per heavy atom. The second kappa shape index (κ2) is 11.2. The van der Waals surface area contributed by atoms with Crippen LogP contribution in [0.4, 0.5) is 17.6 Å². The molecule has 2 aliphatic heterocycles. The molecular formula is C25H26N8O3. The van der Waals surface area contributed by atoms with Crippen molar-refractivity contribution in [3.8, 4) is 12.3 Å². The second-order valence-electron chi connectivity index (χ2n) is 8.41. The van der Waals surface area contributed by atoms with Gasteiger partial charge in [-0.05, 0) is 36.5 Å². The molecule has 0 amide bonds.